The molecule has 0 saturated carbocycles. The van der Waals surface area contributed by atoms with Gasteiger partial charge in [-0.15, -0.1) is 0 Å². The van der Waals surface area contributed by atoms with E-state index in [1.807, 2.05) is 6.26 Å². The van der Waals surface area contributed by atoms with Crippen molar-refractivity contribution in [2.45, 2.75) is 18.0 Å². The fourth-order valence-corrected chi connectivity index (χ4v) is 2.20. The first-order valence-corrected chi connectivity index (χ1v) is 6.31. The molecule has 1 aliphatic heterocycles. The number of nitrogens with two attached hydrogens (primary N) is 1. The van der Waals surface area contributed by atoms with Crippen molar-refractivity contribution in [3.8, 4) is 0 Å². The molecule has 2 rings (SSSR count). The summed E-state index contributed by atoms with van der Waals surface area (Å²) in [7, 11) is 2.13. The largest absolute Gasteiger partial charge is 0.383 e. The molecule has 1 aromatic heterocycles. The molecule has 0 spiro atoms. The zero-order valence-corrected chi connectivity index (χ0v) is 9.97. The van der Waals surface area contributed by atoms with Crippen LogP contribution < -0.4 is 5.73 Å². The third kappa shape index (κ3) is 2.23. The molecule has 2 N–H and O–H groups in total. The van der Waals surface area contributed by atoms with Crippen molar-refractivity contribution in [3.05, 3.63) is 11.3 Å². The molecule has 0 saturated heterocycles. The van der Waals surface area contributed by atoms with Crippen LogP contribution in [0.15, 0.2) is 5.16 Å². The summed E-state index contributed by atoms with van der Waals surface area (Å²) in [6.45, 7) is 2.09. The summed E-state index contributed by atoms with van der Waals surface area (Å²) in [5.74, 6) is 0.666. The number of hydrogen-bond acceptors (Lipinski definition) is 5. The van der Waals surface area contributed by atoms with Gasteiger partial charge in [-0.2, -0.15) is 0 Å². The van der Waals surface area contributed by atoms with Crippen molar-refractivity contribution >= 4 is 17.6 Å². The van der Waals surface area contributed by atoms with Crippen molar-refractivity contribution in [2.75, 3.05) is 32.1 Å². The Balaban J connectivity index is 2.38. The summed E-state index contributed by atoms with van der Waals surface area (Å²) in [4.78, 5) is 11.1. The van der Waals surface area contributed by atoms with Crippen LogP contribution >= 0.6 is 11.8 Å². The van der Waals surface area contributed by atoms with Crippen LogP contribution in [0.5, 0.6) is 0 Å². The molecule has 0 bridgehead atoms. The van der Waals surface area contributed by atoms with Crippen LogP contribution in [-0.2, 0) is 12.8 Å². The van der Waals surface area contributed by atoms with Gasteiger partial charge in [0.15, 0.2) is 5.16 Å². The Bertz CT molecular complexity index is 367. The molecular weight excluding hydrogens is 208 g/mol. The van der Waals surface area contributed by atoms with E-state index in [0.29, 0.717) is 5.82 Å². The van der Waals surface area contributed by atoms with Gasteiger partial charge in [-0.25, -0.2) is 9.97 Å². The zero-order valence-electron chi connectivity index (χ0n) is 9.16. The van der Waals surface area contributed by atoms with Gasteiger partial charge < -0.3 is 10.6 Å². The summed E-state index contributed by atoms with van der Waals surface area (Å²) in [6.07, 6.45) is 3.92. The average molecular weight is 224 g/mol. The Morgan fingerprint density at radius 1 is 1.27 bits per heavy atom. The minimum atomic E-state index is 0.666. The van der Waals surface area contributed by atoms with Crippen LogP contribution in [0.1, 0.15) is 11.3 Å². The topological polar surface area (TPSA) is 55.0 Å². The number of nitrogen functional groups attached to an aromatic ring is 1. The van der Waals surface area contributed by atoms with Gasteiger partial charge in [0.25, 0.3) is 0 Å². The molecule has 82 valence electrons. The Kier molecular flexibility index (Phi) is 3.11. The van der Waals surface area contributed by atoms with E-state index >= 15 is 0 Å². The van der Waals surface area contributed by atoms with E-state index in [0.717, 1.165) is 42.3 Å². The predicted molar refractivity (Wildman–Crippen MR) is 63.1 cm³/mol. The minimum Gasteiger partial charge on any atom is -0.383 e. The van der Waals surface area contributed by atoms with Gasteiger partial charge in [0.2, 0.25) is 0 Å². The second-order valence-electron chi connectivity index (χ2n) is 3.82. The lowest BCUT2D eigenvalue weighted by Gasteiger charge is -2.10. The van der Waals surface area contributed by atoms with E-state index in [9.17, 15) is 0 Å². The van der Waals surface area contributed by atoms with E-state index in [1.54, 1.807) is 11.8 Å². The third-order valence-corrected chi connectivity index (χ3v) is 3.31. The fraction of sp³-hybridized carbons (Fsp3) is 0.600. The van der Waals surface area contributed by atoms with Crippen LogP contribution in [0.2, 0.25) is 0 Å². The van der Waals surface area contributed by atoms with E-state index in [2.05, 4.69) is 21.9 Å². The number of nitrogens with zero attached hydrogens (tertiary/aromatic N) is 3. The number of likely N-dealkylation sites (N-methyl/N-ethyl adjacent to an activating group) is 1. The molecule has 0 unspecified atom stereocenters. The Labute approximate surface area is 94.3 Å². The Hall–Kier alpha value is -0.810. The van der Waals surface area contributed by atoms with Crippen LogP contribution in [-0.4, -0.2) is 41.3 Å². The van der Waals surface area contributed by atoms with E-state index in [1.165, 1.54) is 0 Å². The first kappa shape index (κ1) is 10.7. The smallest absolute Gasteiger partial charge is 0.189 e. The number of anilines is 1. The van der Waals surface area contributed by atoms with Gasteiger partial charge in [0, 0.05) is 25.1 Å². The maximum Gasteiger partial charge on any atom is 0.189 e. The van der Waals surface area contributed by atoms with Crippen LogP contribution in [0, 0.1) is 0 Å². The molecular formula is C10H16N4S. The number of aromatic nitrogens is 2. The zero-order chi connectivity index (χ0) is 10.8. The summed E-state index contributed by atoms with van der Waals surface area (Å²) in [5.41, 5.74) is 8.24. The monoisotopic (exact) mass is 224 g/mol. The minimum absolute atomic E-state index is 0.666. The normalized spacial score (nSPS) is 17.2. The van der Waals surface area contributed by atoms with Gasteiger partial charge in [0.1, 0.15) is 5.82 Å². The molecule has 0 amide bonds. The van der Waals surface area contributed by atoms with Crippen molar-refractivity contribution in [2.24, 2.45) is 0 Å². The third-order valence-electron chi connectivity index (χ3n) is 2.76. The highest BCUT2D eigenvalue weighted by Gasteiger charge is 2.16. The number of hydrogen-bond donors (Lipinski definition) is 1. The van der Waals surface area contributed by atoms with Gasteiger partial charge in [-0.1, -0.05) is 11.8 Å². The summed E-state index contributed by atoms with van der Waals surface area (Å²) in [5, 5.41) is 0.788. The summed E-state index contributed by atoms with van der Waals surface area (Å²) in [6, 6.07) is 0. The molecule has 0 fully saturated rings. The van der Waals surface area contributed by atoms with Gasteiger partial charge in [-0.3, -0.25) is 0 Å². The first-order valence-electron chi connectivity index (χ1n) is 5.08. The highest BCUT2D eigenvalue weighted by molar-refractivity contribution is 7.98. The van der Waals surface area contributed by atoms with Gasteiger partial charge in [-0.05, 0) is 19.7 Å². The fourth-order valence-electron chi connectivity index (χ4n) is 1.81. The van der Waals surface area contributed by atoms with Crippen LogP contribution in [0.3, 0.4) is 0 Å². The first-order chi connectivity index (χ1) is 7.20. The highest BCUT2D eigenvalue weighted by atomic mass is 32.2. The van der Waals surface area contributed by atoms with Crippen LogP contribution in [0.25, 0.3) is 0 Å². The van der Waals surface area contributed by atoms with Crippen molar-refractivity contribution in [3.63, 3.8) is 0 Å². The molecule has 2 heterocycles. The standard InChI is InChI=1S/C10H16N4S/c1-14-5-3-7-8(4-6-14)12-10(15-2)13-9(7)11/h3-6H2,1-2H3,(H2,11,12,13). The Morgan fingerprint density at radius 3 is 2.73 bits per heavy atom. The highest BCUT2D eigenvalue weighted by Crippen LogP contribution is 2.21. The number of thioether (sulfide) groups is 1. The Morgan fingerprint density at radius 2 is 2.00 bits per heavy atom. The molecule has 15 heavy (non-hydrogen) atoms. The summed E-state index contributed by atoms with van der Waals surface area (Å²) >= 11 is 1.55. The maximum absolute atomic E-state index is 5.95. The van der Waals surface area contributed by atoms with Crippen LogP contribution in [0.4, 0.5) is 5.82 Å². The van der Waals surface area contributed by atoms with Gasteiger partial charge >= 0.3 is 0 Å². The van der Waals surface area contributed by atoms with Crippen molar-refractivity contribution < 1.29 is 0 Å². The molecule has 0 atom stereocenters. The lowest BCUT2D eigenvalue weighted by Crippen LogP contribution is -2.20. The SMILES string of the molecule is CSc1nc(N)c2c(n1)CCN(C)CC2. The quantitative estimate of drug-likeness (QED) is 0.565. The van der Waals surface area contributed by atoms with E-state index in [-0.39, 0.29) is 0 Å². The average Bonchev–Trinajstić information content (AvgIpc) is 2.41. The van der Waals surface area contributed by atoms with Crippen molar-refractivity contribution in [1.82, 2.24) is 14.9 Å². The molecule has 1 aliphatic rings. The maximum atomic E-state index is 5.95. The van der Waals surface area contributed by atoms with E-state index < -0.39 is 0 Å². The lowest BCUT2D eigenvalue weighted by atomic mass is 10.1. The predicted octanol–water partition coefficient (Wildman–Crippen LogP) is 0.811. The number of rotatable bonds is 1. The molecule has 0 aromatic carbocycles. The lowest BCUT2D eigenvalue weighted by molar-refractivity contribution is 0.352. The second-order valence-corrected chi connectivity index (χ2v) is 4.60. The molecule has 0 radical (unpaired) electrons. The van der Waals surface area contributed by atoms with Crippen molar-refractivity contribution in [1.29, 1.82) is 0 Å². The summed E-state index contributed by atoms with van der Waals surface area (Å²) < 4.78 is 0. The van der Waals surface area contributed by atoms with Gasteiger partial charge in [0.05, 0.1) is 5.69 Å². The molecule has 5 heteroatoms. The number of fused-ring (bicyclic) bond motifs is 1. The molecule has 1 aromatic rings. The molecule has 4 nitrogen and oxygen atoms in total. The van der Waals surface area contributed by atoms with E-state index in [4.69, 9.17) is 5.73 Å². The second kappa shape index (κ2) is 4.37. The molecule has 0 aliphatic carbocycles.